The van der Waals surface area contributed by atoms with Gasteiger partial charge in [0.05, 0.1) is 22.8 Å². The summed E-state index contributed by atoms with van der Waals surface area (Å²) in [5.74, 6) is -1.92. The minimum Gasteiger partial charge on any atom is -0.478 e. The number of halogens is 1. The Balaban J connectivity index is 1.82. The van der Waals surface area contributed by atoms with Crippen molar-refractivity contribution in [3.8, 4) is 0 Å². The number of aromatic carboxylic acids is 1. The summed E-state index contributed by atoms with van der Waals surface area (Å²) in [7, 11) is -4.12. The minimum atomic E-state index is -4.12. The summed E-state index contributed by atoms with van der Waals surface area (Å²) < 4.78 is 46.3. The van der Waals surface area contributed by atoms with Crippen LogP contribution in [0.5, 0.6) is 0 Å². The molecular formula is C21H24FN3O6S. The highest BCUT2D eigenvalue weighted by Gasteiger charge is 2.26. The first-order chi connectivity index (χ1) is 15.1. The zero-order valence-electron chi connectivity index (χ0n) is 17.7. The van der Waals surface area contributed by atoms with Gasteiger partial charge in [0.15, 0.2) is 0 Å². The maximum absolute atomic E-state index is 13.6. The van der Waals surface area contributed by atoms with Gasteiger partial charge < -0.3 is 19.6 Å². The summed E-state index contributed by atoms with van der Waals surface area (Å²) in [5.41, 5.74) is 0.713. The molecule has 0 bridgehead atoms. The van der Waals surface area contributed by atoms with E-state index < -0.39 is 27.9 Å². The van der Waals surface area contributed by atoms with Gasteiger partial charge in [-0.15, -0.1) is 0 Å². The molecule has 1 saturated heterocycles. The van der Waals surface area contributed by atoms with Crippen LogP contribution in [-0.2, 0) is 14.8 Å². The molecule has 0 aliphatic carbocycles. The average Bonchev–Trinajstić information content (AvgIpc) is 2.75. The Morgan fingerprint density at radius 2 is 1.81 bits per heavy atom. The minimum absolute atomic E-state index is 0.0416. The quantitative estimate of drug-likeness (QED) is 0.674. The molecular weight excluding hydrogens is 441 g/mol. The highest BCUT2D eigenvalue weighted by Crippen LogP contribution is 2.28. The van der Waals surface area contributed by atoms with Gasteiger partial charge in [0.25, 0.3) is 10.0 Å². The molecule has 11 heteroatoms. The number of amides is 1. The van der Waals surface area contributed by atoms with Crippen molar-refractivity contribution in [3.63, 3.8) is 0 Å². The molecule has 0 spiro atoms. The van der Waals surface area contributed by atoms with Crippen molar-refractivity contribution in [1.82, 2.24) is 4.90 Å². The molecule has 0 unspecified atom stereocenters. The molecule has 2 N–H and O–H groups in total. The van der Waals surface area contributed by atoms with Crippen LogP contribution >= 0.6 is 0 Å². The van der Waals surface area contributed by atoms with Gasteiger partial charge in [-0.2, -0.15) is 0 Å². The number of carbonyl (C=O) groups excluding carboxylic acids is 1. The predicted octanol–water partition coefficient (Wildman–Crippen LogP) is 2.91. The third-order valence-electron chi connectivity index (χ3n) is 5.07. The van der Waals surface area contributed by atoms with Crippen molar-refractivity contribution >= 4 is 33.5 Å². The number of carbonyl (C=O) groups is 2. The fourth-order valence-corrected chi connectivity index (χ4v) is 4.77. The van der Waals surface area contributed by atoms with Crippen LogP contribution in [0.15, 0.2) is 41.3 Å². The molecule has 1 fully saturated rings. The molecule has 0 saturated carbocycles. The molecule has 1 aliphatic heterocycles. The maximum atomic E-state index is 13.6. The number of sulfonamides is 1. The Hall–Kier alpha value is -3.34. The number of ether oxygens (including phenoxy) is 1. The van der Waals surface area contributed by atoms with Gasteiger partial charge in [-0.25, -0.2) is 22.4 Å². The van der Waals surface area contributed by atoms with Gasteiger partial charge in [-0.05, 0) is 49.7 Å². The summed E-state index contributed by atoms with van der Waals surface area (Å²) in [6, 6.07) is 7.61. The number of anilines is 2. The van der Waals surface area contributed by atoms with Crippen molar-refractivity contribution in [2.45, 2.75) is 18.7 Å². The summed E-state index contributed by atoms with van der Waals surface area (Å²) in [6.45, 7) is 5.05. The number of benzene rings is 2. The molecule has 32 heavy (non-hydrogen) atoms. The lowest BCUT2D eigenvalue weighted by atomic mass is 10.1. The second-order valence-corrected chi connectivity index (χ2v) is 8.88. The molecule has 9 nitrogen and oxygen atoms in total. The molecule has 3 rings (SSSR count). The van der Waals surface area contributed by atoms with Crippen LogP contribution in [-0.4, -0.2) is 63.3 Å². The number of nitrogens with one attached hydrogen (secondary N) is 1. The smallest absolute Gasteiger partial charge is 0.409 e. The zero-order chi connectivity index (χ0) is 23.5. The van der Waals surface area contributed by atoms with E-state index in [1.807, 2.05) is 4.90 Å². The molecule has 172 valence electrons. The first-order valence-corrected chi connectivity index (χ1v) is 11.4. The van der Waals surface area contributed by atoms with Gasteiger partial charge >= 0.3 is 12.1 Å². The summed E-state index contributed by atoms with van der Waals surface area (Å²) in [4.78, 5) is 26.9. The van der Waals surface area contributed by atoms with Crippen molar-refractivity contribution in [3.05, 3.63) is 53.3 Å². The third kappa shape index (κ3) is 5.10. The van der Waals surface area contributed by atoms with E-state index >= 15 is 0 Å². The lowest BCUT2D eigenvalue weighted by Gasteiger charge is -2.36. The number of hydrogen-bond acceptors (Lipinski definition) is 6. The first kappa shape index (κ1) is 23.3. The predicted molar refractivity (Wildman–Crippen MR) is 116 cm³/mol. The van der Waals surface area contributed by atoms with Crippen molar-refractivity contribution in [2.24, 2.45) is 0 Å². The number of carboxylic acid groups (broad SMARTS) is 1. The summed E-state index contributed by atoms with van der Waals surface area (Å²) in [6.07, 6.45) is -0.414. The average molecular weight is 466 g/mol. The van der Waals surface area contributed by atoms with E-state index in [0.29, 0.717) is 37.4 Å². The van der Waals surface area contributed by atoms with Crippen molar-refractivity contribution < 1.29 is 32.2 Å². The Morgan fingerprint density at radius 1 is 1.12 bits per heavy atom. The van der Waals surface area contributed by atoms with Crippen LogP contribution < -0.4 is 9.62 Å². The monoisotopic (exact) mass is 465 g/mol. The number of nitrogens with zero attached hydrogens (tertiary/aromatic N) is 2. The van der Waals surface area contributed by atoms with E-state index in [4.69, 9.17) is 4.74 Å². The number of carboxylic acids is 1. The largest absolute Gasteiger partial charge is 0.478 e. The topological polar surface area (TPSA) is 116 Å². The van der Waals surface area contributed by atoms with Crippen LogP contribution in [0.25, 0.3) is 0 Å². The number of hydrogen-bond donors (Lipinski definition) is 2. The van der Waals surface area contributed by atoms with E-state index in [1.165, 1.54) is 31.2 Å². The van der Waals surface area contributed by atoms with Gasteiger partial charge in [-0.3, -0.25) is 4.72 Å². The SMILES string of the molecule is CCOC(=O)N1CCN(c2ccc(NS(=O)(=O)c3cc(F)ccc3C)cc2C(=O)O)CC1. The van der Waals surface area contributed by atoms with Crippen molar-refractivity contribution in [2.75, 3.05) is 42.4 Å². The Kier molecular flexibility index (Phi) is 6.87. The normalized spacial score (nSPS) is 14.2. The van der Waals surface area contributed by atoms with Crippen LogP contribution in [0.3, 0.4) is 0 Å². The summed E-state index contributed by atoms with van der Waals surface area (Å²) in [5, 5.41) is 9.69. The zero-order valence-corrected chi connectivity index (χ0v) is 18.5. The van der Waals surface area contributed by atoms with Gasteiger partial charge in [-0.1, -0.05) is 6.07 Å². The third-order valence-corrected chi connectivity index (χ3v) is 6.59. The molecule has 0 atom stereocenters. The van der Waals surface area contributed by atoms with E-state index in [2.05, 4.69) is 4.72 Å². The molecule has 1 aliphatic rings. The van der Waals surface area contributed by atoms with Gasteiger partial charge in [0.2, 0.25) is 0 Å². The number of piperazine rings is 1. The first-order valence-electron chi connectivity index (χ1n) is 9.95. The summed E-state index contributed by atoms with van der Waals surface area (Å²) >= 11 is 0. The van der Waals surface area contributed by atoms with E-state index in [9.17, 15) is 27.5 Å². The Bertz CT molecular complexity index is 1130. The number of rotatable bonds is 6. The fourth-order valence-electron chi connectivity index (χ4n) is 3.46. The molecule has 0 aromatic heterocycles. The fraction of sp³-hybridized carbons (Fsp3) is 0.333. The van der Waals surface area contributed by atoms with E-state index in [0.717, 1.165) is 12.1 Å². The lowest BCUT2D eigenvalue weighted by Crippen LogP contribution is -2.49. The van der Waals surface area contributed by atoms with Crippen LogP contribution in [0.4, 0.5) is 20.6 Å². The Morgan fingerprint density at radius 3 is 2.44 bits per heavy atom. The molecule has 2 aromatic rings. The highest BCUT2D eigenvalue weighted by atomic mass is 32.2. The van der Waals surface area contributed by atoms with Crippen molar-refractivity contribution in [1.29, 1.82) is 0 Å². The molecule has 1 heterocycles. The molecule has 1 amide bonds. The second-order valence-electron chi connectivity index (χ2n) is 7.23. The Labute approximate surface area is 185 Å². The molecule has 2 aromatic carbocycles. The molecule has 0 radical (unpaired) electrons. The highest BCUT2D eigenvalue weighted by molar-refractivity contribution is 7.92. The van der Waals surface area contributed by atoms with Crippen LogP contribution in [0, 0.1) is 12.7 Å². The van der Waals surface area contributed by atoms with Crippen LogP contribution in [0.2, 0.25) is 0 Å². The van der Waals surface area contributed by atoms with Crippen LogP contribution in [0.1, 0.15) is 22.8 Å². The van der Waals surface area contributed by atoms with E-state index in [-0.39, 0.29) is 22.8 Å². The lowest BCUT2D eigenvalue weighted by molar-refractivity contribution is 0.0696. The van der Waals surface area contributed by atoms with E-state index in [1.54, 1.807) is 11.8 Å². The standard InChI is InChI=1S/C21H24FN3O6S/c1-3-31-21(28)25-10-8-24(9-11-25)18-7-6-16(13-17(18)20(26)27)23-32(29,30)19-12-15(22)5-4-14(19)2/h4-7,12-13,23H,3,8-11H2,1-2H3,(H,26,27). The number of aryl methyl sites for hydroxylation is 1. The second kappa shape index (κ2) is 9.43. The maximum Gasteiger partial charge on any atom is 0.409 e. The van der Waals surface area contributed by atoms with Gasteiger partial charge in [0.1, 0.15) is 5.82 Å². The van der Waals surface area contributed by atoms with Gasteiger partial charge in [0, 0.05) is 31.9 Å².